The molecule has 7 nitrogen and oxygen atoms in total. The van der Waals surface area contributed by atoms with E-state index in [2.05, 4.69) is 10.5 Å². The predicted molar refractivity (Wildman–Crippen MR) is 104 cm³/mol. The van der Waals surface area contributed by atoms with Crippen LogP contribution in [0.15, 0.2) is 59.8 Å². The summed E-state index contributed by atoms with van der Waals surface area (Å²) in [4.78, 5) is 31.3. The normalized spacial score (nSPS) is 19.6. The van der Waals surface area contributed by atoms with Gasteiger partial charge in [-0.1, -0.05) is 47.6 Å². The minimum atomic E-state index is -0.644. The standard InChI is InChI=1S/C21H21N3O4/c1-14(16-8-5-9-17(12-16)24-10-11-27-21(24)26)22-20(25)19-13-18(23-28-19)15-6-3-2-4-7-15/h2-9,12,14,19H,10-11,13H2,1H3,(H,22,25)/t14-,19-/m0/s1. The van der Waals surface area contributed by atoms with E-state index in [1.165, 1.54) is 0 Å². The second-order valence-corrected chi connectivity index (χ2v) is 6.79. The van der Waals surface area contributed by atoms with Crippen LogP contribution in [0.25, 0.3) is 0 Å². The highest BCUT2D eigenvalue weighted by Crippen LogP contribution is 2.24. The van der Waals surface area contributed by atoms with Gasteiger partial charge in [-0.3, -0.25) is 9.69 Å². The van der Waals surface area contributed by atoms with E-state index in [1.54, 1.807) is 4.90 Å². The Labute approximate surface area is 162 Å². The fourth-order valence-electron chi connectivity index (χ4n) is 3.30. The molecule has 0 aromatic heterocycles. The SMILES string of the molecule is C[C@H](NC(=O)[C@@H]1CC(c2ccccc2)=NO1)c1cccc(N2CCOC2=O)c1. The summed E-state index contributed by atoms with van der Waals surface area (Å²) in [5, 5.41) is 7.03. The van der Waals surface area contributed by atoms with Gasteiger partial charge in [0.1, 0.15) is 6.61 Å². The molecule has 2 aromatic carbocycles. The molecule has 1 fully saturated rings. The monoisotopic (exact) mass is 379 g/mol. The quantitative estimate of drug-likeness (QED) is 0.866. The Hall–Kier alpha value is -3.35. The Balaban J connectivity index is 1.38. The van der Waals surface area contributed by atoms with Crippen LogP contribution in [-0.2, 0) is 14.4 Å². The third-order valence-electron chi connectivity index (χ3n) is 4.87. The van der Waals surface area contributed by atoms with Gasteiger partial charge >= 0.3 is 6.09 Å². The molecule has 2 heterocycles. The van der Waals surface area contributed by atoms with Crippen molar-refractivity contribution in [1.82, 2.24) is 5.32 Å². The summed E-state index contributed by atoms with van der Waals surface area (Å²) in [5.41, 5.74) is 3.37. The molecular formula is C21H21N3O4. The lowest BCUT2D eigenvalue weighted by Gasteiger charge is -2.19. The first-order valence-corrected chi connectivity index (χ1v) is 9.24. The zero-order valence-electron chi connectivity index (χ0n) is 15.5. The summed E-state index contributed by atoms with van der Waals surface area (Å²) in [6, 6.07) is 17.0. The van der Waals surface area contributed by atoms with Crippen molar-refractivity contribution in [2.75, 3.05) is 18.1 Å². The topological polar surface area (TPSA) is 80.2 Å². The van der Waals surface area contributed by atoms with Crippen LogP contribution in [0.2, 0.25) is 0 Å². The Bertz CT molecular complexity index is 913. The summed E-state index contributed by atoms with van der Waals surface area (Å²) in [6.07, 6.45) is -0.560. The van der Waals surface area contributed by atoms with E-state index >= 15 is 0 Å². The van der Waals surface area contributed by atoms with E-state index < -0.39 is 6.10 Å². The van der Waals surface area contributed by atoms with Gasteiger partial charge in [-0.25, -0.2) is 4.79 Å². The molecule has 4 rings (SSSR count). The average Bonchev–Trinajstić information content (AvgIpc) is 3.38. The molecular weight excluding hydrogens is 358 g/mol. The van der Waals surface area contributed by atoms with E-state index in [-0.39, 0.29) is 18.0 Å². The molecule has 2 atom stereocenters. The van der Waals surface area contributed by atoms with Crippen molar-refractivity contribution in [2.45, 2.75) is 25.5 Å². The second kappa shape index (κ2) is 7.72. The fourth-order valence-corrected chi connectivity index (χ4v) is 3.30. The zero-order chi connectivity index (χ0) is 19.5. The minimum absolute atomic E-state index is 0.215. The Morgan fingerprint density at radius 2 is 2.04 bits per heavy atom. The number of rotatable bonds is 5. The van der Waals surface area contributed by atoms with E-state index in [0.29, 0.717) is 19.6 Å². The number of carbonyl (C=O) groups is 2. The van der Waals surface area contributed by atoms with E-state index in [9.17, 15) is 9.59 Å². The van der Waals surface area contributed by atoms with Crippen molar-refractivity contribution in [2.24, 2.45) is 5.16 Å². The summed E-state index contributed by atoms with van der Waals surface area (Å²) in [5.74, 6) is -0.215. The summed E-state index contributed by atoms with van der Waals surface area (Å²) < 4.78 is 4.99. The number of cyclic esters (lactones) is 1. The van der Waals surface area contributed by atoms with Crippen molar-refractivity contribution in [3.05, 3.63) is 65.7 Å². The lowest BCUT2D eigenvalue weighted by atomic mass is 10.0. The van der Waals surface area contributed by atoms with Crippen molar-refractivity contribution < 1.29 is 19.2 Å². The molecule has 144 valence electrons. The molecule has 1 saturated heterocycles. The van der Waals surface area contributed by atoms with Crippen molar-refractivity contribution in [1.29, 1.82) is 0 Å². The highest BCUT2D eigenvalue weighted by atomic mass is 16.6. The maximum absolute atomic E-state index is 12.6. The highest BCUT2D eigenvalue weighted by molar-refractivity contribution is 6.04. The predicted octanol–water partition coefficient (Wildman–Crippen LogP) is 3.01. The number of anilines is 1. The molecule has 2 aliphatic rings. The van der Waals surface area contributed by atoms with Gasteiger partial charge in [-0.05, 0) is 30.2 Å². The average molecular weight is 379 g/mol. The molecule has 7 heteroatoms. The Kier molecular flexibility index (Phi) is 4.97. The van der Waals surface area contributed by atoms with E-state index in [0.717, 1.165) is 22.5 Å². The first kappa shape index (κ1) is 18.0. The fraction of sp³-hybridized carbons (Fsp3) is 0.286. The smallest absolute Gasteiger partial charge is 0.414 e. The van der Waals surface area contributed by atoms with Crippen molar-refractivity contribution in [3.8, 4) is 0 Å². The van der Waals surface area contributed by atoms with Gasteiger partial charge in [0.25, 0.3) is 5.91 Å². The Morgan fingerprint density at radius 3 is 2.79 bits per heavy atom. The molecule has 1 N–H and O–H groups in total. The minimum Gasteiger partial charge on any atom is -0.447 e. The molecule has 0 aliphatic carbocycles. The van der Waals surface area contributed by atoms with Gasteiger partial charge in [-0.15, -0.1) is 0 Å². The number of hydrogen-bond donors (Lipinski definition) is 1. The molecule has 2 aromatic rings. The maximum Gasteiger partial charge on any atom is 0.414 e. The van der Waals surface area contributed by atoms with Crippen LogP contribution >= 0.6 is 0 Å². The van der Waals surface area contributed by atoms with Gasteiger partial charge in [0.05, 0.1) is 18.3 Å². The lowest BCUT2D eigenvalue weighted by molar-refractivity contribution is -0.131. The number of carbonyl (C=O) groups excluding carboxylic acids is 2. The molecule has 28 heavy (non-hydrogen) atoms. The van der Waals surface area contributed by atoms with Crippen LogP contribution in [0, 0.1) is 0 Å². The van der Waals surface area contributed by atoms with Crippen LogP contribution in [0.1, 0.15) is 30.5 Å². The summed E-state index contributed by atoms with van der Waals surface area (Å²) >= 11 is 0. The molecule has 0 bridgehead atoms. The third-order valence-corrected chi connectivity index (χ3v) is 4.87. The molecule has 0 radical (unpaired) electrons. The molecule has 2 amide bonds. The number of hydrogen-bond acceptors (Lipinski definition) is 5. The maximum atomic E-state index is 12.6. The van der Waals surface area contributed by atoms with Crippen LogP contribution in [0.3, 0.4) is 0 Å². The lowest BCUT2D eigenvalue weighted by Crippen LogP contribution is -2.36. The first-order valence-electron chi connectivity index (χ1n) is 9.24. The number of benzene rings is 2. The van der Waals surface area contributed by atoms with E-state index in [4.69, 9.17) is 9.57 Å². The Morgan fingerprint density at radius 1 is 1.21 bits per heavy atom. The van der Waals surface area contributed by atoms with Gasteiger partial charge < -0.3 is 14.9 Å². The second-order valence-electron chi connectivity index (χ2n) is 6.79. The van der Waals surface area contributed by atoms with Crippen LogP contribution in [-0.4, -0.2) is 37.0 Å². The van der Waals surface area contributed by atoms with Gasteiger partial charge in [-0.2, -0.15) is 0 Å². The first-order chi connectivity index (χ1) is 13.6. The molecule has 0 saturated carbocycles. The molecule has 0 spiro atoms. The molecule has 2 aliphatic heterocycles. The van der Waals surface area contributed by atoms with Crippen LogP contribution in [0.4, 0.5) is 10.5 Å². The highest BCUT2D eigenvalue weighted by Gasteiger charge is 2.30. The van der Waals surface area contributed by atoms with Crippen molar-refractivity contribution in [3.63, 3.8) is 0 Å². The van der Waals surface area contributed by atoms with Crippen LogP contribution < -0.4 is 10.2 Å². The van der Waals surface area contributed by atoms with Gasteiger partial charge in [0, 0.05) is 12.1 Å². The summed E-state index contributed by atoms with van der Waals surface area (Å²) in [7, 11) is 0. The zero-order valence-corrected chi connectivity index (χ0v) is 15.5. The van der Waals surface area contributed by atoms with Crippen LogP contribution in [0.5, 0.6) is 0 Å². The summed E-state index contributed by atoms with van der Waals surface area (Å²) in [6.45, 7) is 2.81. The van der Waals surface area contributed by atoms with Gasteiger partial charge in [0.2, 0.25) is 6.10 Å². The number of amides is 2. The van der Waals surface area contributed by atoms with Gasteiger partial charge in [0.15, 0.2) is 0 Å². The van der Waals surface area contributed by atoms with E-state index in [1.807, 2.05) is 61.5 Å². The van der Waals surface area contributed by atoms with Crippen molar-refractivity contribution >= 4 is 23.4 Å². The number of nitrogens with one attached hydrogen (secondary N) is 1. The number of oxime groups is 1. The largest absolute Gasteiger partial charge is 0.447 e. The third kappa shape index (κ3) is 3.69. The number of ether oxygens (including phenoxy) is 1. The number of nitrogens with zero attached hydrogens (tertiary/aromatic N) is 2. The molecule has 0 unspecified atom stereocenters.